The lowest BCUT2D eigenvalue weighted by atomic mass is 10.1. The minimum absolute atomic E-state index is 0.0211. The van der Waals surface area contributed by atoms with Crippen LogP contribution < -0.4 is 5.32 Å². The number of hydrogen-bond acceptors (Lipinski definition) is 3. The van der Waals surface area contributed by atoms with E-state index in [1.165, 1.54) is 12.1 Å². The highest BCUT2D eigenvalue weighted by Crippen LogP contribution is 2.15. The van der Waals surface area contributed by atoms with Crippen molar-refractivity contribution in [3.63, 3.8) is 0 Å². The Kier molecular flexibility index (Phi) is 4.61. The summed E-state index contributed by atoms with van der Waals surface area (Å²) in [7, 11) is 0. The van der Waals surface area contributed by atoms with Crippen LogP contribution in [0.2, 0.25) is 0 Å². The quantitative estimate of drug-likeness (QED) is 0.750. The van der Waals surface area contributed by atoms with E-state index in [1.807, 2.05) is 29.8 Å². The van der Waals surface area contributed by atoms with Crippen LogP contribution in [0.1, 0.15) is 32.1 Å². The highest BCUT2D eigenvalue weighted by Gasteiger charge is 2.15. The van der Waals surface area contributed by atoms with E-state index in [0.717, 1.165) is 11.4 Å². The van der Waals surface area contributed by atoms with Crippen LogP contribution >= 0.6 is 0 Å². The Morgan fingerprint density at radius 3 is 2.36 bits per heavy atom. The molecule has 0 fully saturated rings. The molecule has 0 atom stereocenters. The third-order valence-corrected chi connectivity index (χ3v) is 3.89. The molecular weight excluding hydrogens is 318 g/mol. The Morgan fingerprint density at radius 1 is 1.08 bits per heavy atom. The molecule has 3 rings (SSSR count). The first-order valence-corrected chi connectivity index (χ1v) is 7.75. The number of imidazole rings is 1. The number of aromatic carboxylic acids is 1. The molecule has 25 heavy (non-hydrogen) atoms. The van der Waals surface area contributed by atoms with Crippen molar-refractivity contribution in [3.8, 4) is 0 Å². The fourth-order valence-corrected chi connectivity index (χ4v) is 2.53. The van der Waals surface area contributed by atoms with E-state index in [0.29, 0.717) is 12.2 Å². The molecule has 2 N–H and O–H groups in total. The fourth-order valence-electron chi connectivity index (χ4n) is 2.53. The molecule has 0 bridgehead atoms. The SMILES string of the molecule is Cc1nccn1Cc1ccc(NC(=O)c2ccccc2C(=O)O)cc1. The highest BCUT2D eigenvalue weighted by molar-refractivity contribution is 6.10. The van der Waals surface area contributed by atoms with Crippen LogP contribution in [-0.4, -0.2) is 26.5 Å². The van der Waals surface area contributed by atoms with Crippen molar-refractivity contribution in [2.24, 2.45) is 0 Å². The van der Waals surface area contributed by atoms with Gasteiger partial charge >= 0.3 is 5.97 Å². The molecule has 0 aliphatic heterocycles. The van der Waals surface area contributed by atoms with E-state index < -0.39 is 11.9 Å². The molecule has 0 saturated heterocycles. The van der Waals surface area contributed by atoms with Gasteiger partial charge in [0.05, 0.1) is 11.1 Å². The van der Waals surface area contributed by atoms with Gasteiger partial charge in [0.2, 0.25) is 0 Å². The van der Waals surface area contributed by atoms with E-state index >= 15 is 0 Å². The Bertz CT molecular complexity index is 914. The van der Waals surface area contributed by atoms with E-state index in [9.17, 15) is 14.7 Å². The number of carbonyl (C=O) groups excluding carboxylic acids is 1. The number of nitrogens with one attached hydrogen (secondary N) is 1. The molecule has 1 amide bonds. The van der Waals surface area contributed by atoms with E-state index in [1.54, 1.807) is 30.5 Å². The number of aromatic nitrogens is 2. The zero-order chi connectivity index (χ0) is 17.8. The fraction of sp³-hybridized carbons (Fsp3) is 0.105. The number of carboxylic acids is 1. The van der Waals surface area contributed by atoms with Gasteiger partial charge in [-0.2, -0.15) is 0 Å². The van der Waals surface area contributed by atoms with Gasteiger partial charge in [-0.3, -0.25) is 4.79 Å². The summed E-state index contributed by atoms with van der Waals surface area (Å²) in [6, 6.07) is 13.6. The first-order valence-electron chi connectivity index (χ1n) is 7.75. The zero-order valence-corrected chi connectivity index (χ0v) is 13.6. The molecule has 1 heterocycles. The first kappa shape index (κ1) is 16.4. The van der Waals surface area contributed by atoms with Gasteiger partial charge in [-0.1, -0.05) is 24.3 Å². The lowest BCUT2D eigenvalue weighted by molar-refractivity contribution is 0.0692. The van der Waals surface area contributed by atoms with Crippen LogP contribution in [0.3, 0.4) is 0 Å². The summed E-state index contributed by atoms with van der Waals surface area (Å²) in [6.07, 6.45) is 3.66. The average molecular weight is 335 g/mol. The van der Waals surface area contributed by atoms with Gasteiger partial charge in [0, 0.05) is 24.6 Å². The number of carbonyl (C=O) groups is 2. The normalized spacial score (nSPS) is 10.4. The molecule has 126 valence electrons. The Morgan fingerprint density at radius 2 is 1.76 bits per heavy atom. The number of benzene rings is 2. The summed E-state index contributed by atoms with van der Waals surface area (Å²) in [5.41, 5.74) is 1.79. The van der Waals surface area contributed by atoms with Crippen molar-refractivity contribution in [3.05, 3.63) is 83.4 Å². The monoisotopic (exact) mass is 335 g/mol. The van der Waals surface area contributed by atoms with Crippen LogP contribution in [0.15, 0.2) is 60.9 Å². The minimum Gasteiger partial charge on any atom is -0.478 e. The topological polar surface area (TPSA) is 84.2 Å². The van der Waals surface area contributed by atoms with Gasteiger partial charge < -0.3 is 15.0 Å². The summed E-state index contributed by atoms with van der Waals surface area (Å²) in [5.74, 6) is -0.643. The maximum atomic E-state index is 12.3. The molecule has 1 aromatic heterocycles. The van der Waals surface area contributed by atoms with Gasteiger partial charge in [0.15, 0.2) is 0 Å². The summed E-state index contributed by atoms with van der Waals surface area (Å²) < 4.78 is 2.02. The van der Waals surface area contributed by atoms with E-state index in [4.69, 9.17) is 0 Å². The Hall–Kier alpha value is -3.41. The predicted octanol–water partition coefficient (Wildman–Crippen LogP) is 3.19. The Balaban J connectivity index is 1.72. The van der Waals surface area contributed by atoms with Gasteiger partial charge in [-0.15, -0.1) is 0 Å². The van der Waals surface area contributed by atoms with Gasteiger partial charge in [-0.05, 0) is 36.8 Å². The molecule has 0 spiro atoms. The summed E-state index contributed by atoms with van der Waals surface area (Å²) >= 11 is 0. The lowest BCUT2D eigenvalue weighted by Crippen LogP contribution is -2.16. The molecule has 0 radical (unpaired) electrons. The third kappa shape index (κ3) is 3.74. The van der Waals surface area contributed by atoms with Crippen molar-refractivity contribution < 1.29 is 14.7 Å². The van der Waals surface area contributed by atoms with Gasteiger partial charge in [0.1, 0.15) is 5.82 Å². The average Bonchev–Trinajstić information content (AvgIpc) is 3.01. The first-order chi connectivity index (χ1) is 12.0. The van der Waals surface area contributed by atoms with Crippen LogP contribution in [-0.2, 0) is 6.54 Å². The number of amides is 1. The minimum atomic E-state index is -1.13. The van der Waals surface area contributed by atoms with Crippen molar-refractivity contribution in [2.75, 3.05) is 5.32 Å². The maximum Gasteiger partial charge on any atom is 0.336 e. The van der Waals surface area contributed by atoms with Crippen LogP contribution in [0.4, 0.5) is 5.69 Å². The van der Waals surface area contributed by atoms with Gasteiger partial charge in [-0.25, -0.2) is 9.78 Å². The molecule has 2 aromatic carbocycles. The summed E-state index contributed by atoms with van der Waals surface area (Å²) in [4.78, 5) is 27.7. The van der Waals surface area contributed by atoms with E-state index in [2.05, 4.69) is 10.3 Å². The van der Waals surface area contributed by atoms with Crippen LogP contribution in [0, 0.1) is 6.92 Å². The second-order valence-electron chi connectivity index (χ2n) is 5.60. The number of rotatable bonds is 5. The van der Waals surface area contributed by atoms with Crippen molar-refractivity contribution in [2.45, 2.75) is 13.5 Å². The molecule has 3 aromatic rings. The van der Waals surface area contributed by atoms with Crippen molar-refractivity contribution in [1.29, 1.82) is 0 Å². The molecule has 6 nitrogen and oxygen atoms in total. The highest BCUT2D eigenvalue weighted by atomic mass is 16.4. The smallest absolute Gasteiger partial charge is 0.336 e. The van der Waals surface area contributed by atoms with Crippen molar-refractivity contribution in [1.82, 2.24) is 9.55 Å². The number of hydrogen-bond donors (Lipinski definition) is 2. The molecule has 6 heteroatoms. The van der Waals surface area contributed by atoms with E-state index in [-0.39, 0.29) is 11.1 Å². The standard InChI is InChI=1S/C19H17N3O3/c1-13-20-10-11-22(13)12-14-6-8-15(9-7-14)21-18(23)16-4-2-3-5-17(16)19(24)25/h2-11H,12H2,1H3,(H,21,23)(H,24,25). The number of carboxylic acid groups (broad SMARTS) is 1. The molecule has 0 aliphatic rings. The summed E-state index contributed by atoms with van der Waals surface area (Å²) in [6.45, 7) is 2.64. The number of anilines is 1. The van der Waals surface area contributed by atoms with Crippen LogP contribution in [0.25, 0.3) is 0 Å². The molecule has 0 unspecified atom stereocenters. The number of aryl methyl sites for hydroxylation is 1. The second-order valence-corrected chi connectivity index (χ2v) is 5.60. The molecule has 0 saturated carbocycles. The van der Waals surface area contributed by atoms with Crippen LogP contribution in [0.5, 0.6) is 0 Å². The summed E-state index contributed by atoms with van der Waals surface area (Å²) in [5, 5.41) is 11.9. The zero-order valence-electron chi connectivity index (χ0n) is 13.6. The Labute approximate surface area is 144 Å². The molecule has 0 aliphatic carbocycles. The molecular formula is C19H17N3O3. The van der Waals surface area contributed by atoms with Gasteiger partial charge in [0.25, 0.3) is 5.91 Å². The lowest BCUT2D eigenvalue weighted by Gasteiger charge is -2.09. The van der Waals surface area contributed by atoms with Crippen molar-refractivity contribution >= 4 is 17.6 Å². The predicted molar refractivity (Wildman–Crippen MR) is 93.9 cm³/mol. The second kappa shape index (κ2) is 7.00. The largest absolute Gasteiger partial charge is 0.478 e. The third-order valence-electron chi connectivity index (χ3n) is 3.89. The number of nitrogens with zero attached hydrogens (tertiary/aromatic N) is 2. The maximum absolute atomic E-state index is 12.3.